The highest BCUT2D eigenvalue weighted by Crippen LogP contribution is 2.34. The molecule has 0 aliphatic rings. The highest BCUT2D eigenvalue weighted by atomic mass is 16.5. The topological polar surface area (TPSA) is 73.3 Å². The van der Waals surface area contributed by atoms with Gasteiger partial charge in [-0.05, 0) is 18.2 Å². The molecule has 0 spiro atoms. The predicted molar refractivity (Wildman–Crippen MR) is 112 cm³/mol. The number of nitrogens with one attached hydrogen (secondary N) is 1. The van der Waals surface area contributed by atoms with Crippen LogP contribution in [0.2, 0.25) is 0 Å². The van der Waals surface area contributed by atoms with Crippen molar-refractivity contribution in [3.63, 3.8) is 0 Å². The first-order valence-electron chi connectivity index (χ1n) is 9.03. The number of aromatic nitrogens is 2. The average molecular weight is 385 g/mol. The van der Waals surface area contributed by atoms with Gasteiger partial charge in [0.1, 0.15) is 12.1 Å². The van der Waals surface area contributed by atoms with Crippen molar-refractivity contribution in [3.05, 3.63) is 84.2 Å². The maximum absolute atomic E-state index is 12.7. The van der Waals surface area contributed by atoms with Crippen LogP contribution in [0.3, 0.4) is 0 Å². The number of fused-ring (bicyclic) bond motifs is 1. The Kier molecular flexibility index (Phi) is 5.07. The Morgan fingerprint density at radius 2 is 1.55 bits per heavy atom. The van der Waals surface area contributed by atoms with Crippen LogP contribution in [0.25, 0.3) is 10.9 Å². The minimum Gasteiger partial charge on any atom is -0.493 e. The van der Waals surface area contributed by atoms with Crippen LogP contribution in [0.15, 0.2) is 73.1 Å². The maximum Gasteiger partial charge on any atom is 0.193 e. The van der Waals surface area contributed by atoms with Crippen molar-refractivity contribution in [1.82, 2.24) is 9.97 Å². The molecule has 0 aliphatic heterocycles. The molecule has 0 fully saturated rings. The number of hydrogen-bond acceptors (Lipinski definition) is 6. The van der Waals surface area contributed by atoms with Crippen molar-refractivity contribution in [2.45, 2.75) is 0 Å². The third kappa shape index (κ3) is 3.73. The van der Waals surface area contributed by atoms with Gasteiger partial charge in [0.2, 0.25) is 0 Å². The van der Waals surface area contributed by atoms with Crippen molar-refractivity contribution >= 4 is 28.2 Å². The highest BCUT2D eigenvalue weighted by Gasteiger charge is 2.13. The summed E-state index contributed by atoms with van der Waals surface area (Å²) in [4.78, 5) is 21.4. The van der Waals surface area contributed by atoms with Gasteiger partial charge in [-0.25, -0.2) is 9.97 Å². The summed E-state index contributed by atoms with van der Waals surface area (Å²) in [5.41, 5.74) is 2.71. The molecule has 1 aromatic heterocycles. The Bertz CT molecular complexity index is 1180. The van der Waals surface area contributed by atoms with E-state index >= 15 is 0 Å². The minimum absolute atomic E-state index is 0.0341. The molecule has 29 heavy (non-hydrogen) atoms. The molecule has 0 unspecified atom stereocenters. The fourth-order valence-corrected chi connectivity index (χ4v) is 3.11. The third-order valence-corrected chi connectivity index (χ3v) is 4.56. The number of carbonyl (C=O) groups excluding carboxylic acids is 1. The quantitative estimate of drug-likeness (QED) is 0.488. The van der Waals surface area contributed by atoms with Crippen molar-refractivity contribution in [2.75, 3.05) is 19.5 Å². The van der Waals surface area contributed by atoms with Gasteiger partial charge in [0.15, 0.2) is 17.3 Å². The largest absolute Gasteiger partial charge is 0.493 e. The monoisotopic (exact) mass is 385 g/mol. The molecule has 6 nitrogen and oxygen atoms in total. The highest BCUT2D eigenvalue weighted by molar-refractivity contribution is 6.09. The summed E-state index contributed by atoms with van der Waals surface area (Å²) in [7, 11) is 3.17. The van der Waals surface area contributed by atoms with Crippen molar-refractivity contribution in [2.24, 2.45) is 0 Å². The SMILES string of the molecule is COc1cc2ncnc(Nc3cccc(C(=O)c4ccccc4)c3)c2cc1OC. The molecule has 0 aliphatic carbocycles. The molecule has 0 bridgehead atoms. The summed E-state index contributed by atoms with van der Waals surface area (Å²) in [5, 5.41) is 4.07. The van der Waals surface area contributed by atoms with Crippen LogP contribution in [0, 0.1) is 0 Å². The van der Waals surface area contributed by atoms with E-state index in [1.54, 1.807) is 38.5 Å². The van der Waals surface area contributed by atoms with Crippen molar-refractivity contribution in [3.8, 4) is 11.5 Å². The fourth-order valence-electron chi connectivity index (χ4n) is 3.11. The van der Waals surface area contributed by atoms with E-state index in [0.29, 0.717) is 28.4 Å². The van der Waals surface area contributed by atoms with Crippen LogP contribution in [-0.4, -0.2) is 30.0 Å². The van der Waals surface area contributed by atoms with Gasteiger partial charge in [-0.2, -0.15) is 0 Å². The molecule has 0 saturated heterocycles. The Balaban J connectivity index is 1.69. The molecule has 0 atom stereocenters. The molecule has 4 aromatic rings. The zero-order chi connectivity index (χ0) is 20.2. The van der Waals surface area contributed by atoms with E-state index in [9.17, 15) is 4.79 Å². The molecule has 3 aromatic carbocycles. The van der Waals surface area contributed by atoms with Crippen LogP contribution in [0.4, 0.5) is 11.5 Å². The minimum atomic E-state index is -0.0341. The van der Waals surface area contributed by atoms with E-state index in [4.69, 9.17) is 9.47 Å². The van der Waals surface area contributed by atoms with Gasteiger partial charge >= 0.3 is 0 Å². The lowest BCUT2D eigenvalue weighted by Gasteiger charge is -2.12. The van der Waals surface area contributed by atoms with Gasteiger partial charge in [0, 0.05) is 28.3 Å². The van der Waals surface area contributed by atoms with Crippen molar-refractivity contribution < 1.29 is 14.3 Å². The number of nitrogens with zero attached hydrogens (tertiary/aromatic N) is 2. The summed E-state index contributed by atoms with van der Waals surface area (Å²) in [6, 6.07) is 20.2. The maximum atomic E-state index is 12.7. The van der Waals surface area contributed by atoms with Gasteiger partial charge in [-0.1, -0.05) is 42.5 Å². The predicted octanol–water partition coefficient (Wildman–Crippen LogP) is 4.62. The first-order chi connectivity index (χ1) is 14.2. The second kappa shape index (κ2) is 7.98. The number of benzene rings is 3. The van der Waals surface area contributed by atoms with Crippen molar-refractivity contribution in [1.29, 1.82) is 0 Å². The number of methoxy groups -OCH3 is 2. The molecule has 1 heterocycles. The summed E-state index contributed by atoms with van der Waals surface area (Å²) >= 11 is 0. The molecule has 6 heteroatoms. The van der Waals surface area contributed by atoms with E-state index in [0.717, 1.165) is 16.6 Å². The fraction of sp³-hybridized carbons (Fsp3) is 0.0870. The molecule has 144 valence electrons. The van der Waals surface area contributed by atoms with E-state index in [1.165, 1.54) is 6.33 Å². The summed E-state index contributed by atoms with van der Waals surface area (Å²) in [5.74, 6) is 1.76. The Morgan fingerprint density at radius 3 is 2.31 bits per heavy atom. The first-order valence-corrected chi connectivity index (χ1v) is 9.03. The molecular formula is C23H19N3O3. The van der Waals surface area contributed by atoms with Gasteiger partial charge in [0.25, 0.3) is 0 Å². The van der Waals surface area contributed by atoms with Gasteiger partial charge in [-0.3, -0.25) is 4.79 Å². The lowest BCUT2D eigenvalue weighted by molar-refractivity contribution is 0.103. The molecule has 1 N–H and O–H groups in total. The molecule has 0 saturated carbocycles. The van der Waals surface area contributed by atoms with Gasteiger partial charge in [-0.15, -0.1) is 0 Å². The summed E-state index contributed by atoms with van der Waals surface area (Å²) in [6.07, 6.45) is 1.48. The molecule has 4 rings (SSSR count). The zero-order valence-electron chi connectivity index (χ0n) is 16.0. The number of ketones is 1. The number of ether oxygens (including phenoxy) is 2. The molecule has 0 amide bonds. The molecular weight excluding hydrogens is 366 g/mol. The third-order valence-electron chi connectivity index (χ3n) is 4.56. The van der Waals surface area contributed by atoms with Crippen LogP contribution in [-0.2, 0) is 0 Å². The standard InChI is InChI=1S/C23H19N3O3/c1-28-20-12-18-19(13-21(20)29-2)24-14-25-23(18)26-17-10-6-9-16(11-17)22(27)15-7-4-3-5-8-15/h3-14H,1-2H3,(H,24,25,26). The number of carbonyl (C=O) groups is 1. The number of rotatable bonds is 6. The zero-order valence-corrected chi connectivity index (χ0v) is 16.0. The molecule has 0 radical (unpaired) electrons. The lowest BCUT2D eigenvalue weighted by Crippen LogP contribution is -2.02. The van der Waals surface area contributed by atoms with Crippen LogP contribution in [0.1, 0.15) is 15.9 Å². The van der Waals surface area contributed by atoms with E-state index < -0.39 is 0 Å². The summed E-state index contributed by atoms with van der Waals surface area (Å²) < 4.78 is 10.7. The van der Waals surface area contributed by atoms with Crippen LogP contribution < -0.4 is 14.8 Å². The first kappa shape index (κ1) is 18.4. The van der Waals surface area contributed by atoms with Crippen LogP contribution >= 0.6 is 0 Å². The number of anilines is 2. The van der Waals surface area contributed by atoms with E-state index in [2.05, 4.69) is 15.3 Å². The normalized spacial score (nSPS) is 10.6. The second-order valence-corrected chi connectivity index (χ2v) is 6.35. The average Bonchev–Trinajstić information content (AvgIpc) is 2.78. The van der Waals surface area contributed by atoms with E-state index in [1.807, 2.05) is 42.5 Å². The van der Waals surface area contributed by atoms with Gasteiger partial charge in [0.05, 0.1) is 19.7 Å². The van der Waals surface area contributed by atoms with Crippen LogP contribution in [0.5, 0.6) is 11.5 Å². The second-order valence-electron chi connectivity index (χ2n) is 6.35. The number of hydrogen-bond donors (Lipinski definition) is 1. The van der Waals surface area contributed by atoms with E-state index in [-0.39, 0.29) is 5.78 Å². The Labute approximate surface area is 168 Å². The Morgan fingerprint density at radius 1 is 0.828 bits per heavy atom. The lowest BCUT2D eigenvalue weighted by atomic mass is 10.0. The smallest absolute Gasteiger partial charge is 0.193 e. The summed E-state index contributed by atoms with van der Waals surface area (Å²) in [6.45, 7) is 0. The Hall–Kier alpha value is -3.93. The van der Waals surface area contributed by atoms with Gasteiger partial charge < -0.3 is 14.8 Å².